The van der Waals surface area contributed by atoms with Crippen LogP contribution in [0, 0.1) is 6.92 Å². The van der Waals surface area contributed by atoms with Crippen molar-refractivity contribution in [3.63, 3.8) is 0 Å². The molecule has 0 radical (unpaired) electrons. The van der Waals surface area contributed by atoms with E-state index in [0.717, 1.165) is 5.56 Å². The zero-order valence-corrected chi connectivity index (χ0v) is 12.6. The van der Waals surface area contributed by atoms with Gasteiger partial charge in [-0.2, -0.15) is 0 Å². The summed E-state index contributed by atoms with van der Waals surface area (Å²) < 4.78 is 4.99. The molecule has 6 nitrogen and oxygen atoms in total. The standard InChI is InChI=1S/C15H15ClN2O4/c1-9-4-5-10(16)11(7-9)18-15(21)14(20)17-8-12(19)13-3-2-6-22-13/h2-7,12,19H,8H2,1H3,(H,17,20)(H,18,21). The van der Waals surface area contributed by atoms with Crippen molar-refractivity contribution < 1.29 is 19.1 Å². The molecule has 2 amide bonds. The predicted octanol–water partition coefficient (Wildman–Crippen LogP) is 2.03. The van der Waals surface area contributed by atoms with E-state index in [0.29, 0.717) is 16.5 Å². The molecule has 3 N–H and O–H groups in total. The maximum absolute atomic E-state index is 11.8. The van der Waals surface area contributed by atoms with E-state index < -0.39 is 17.9 Å². The number of nitrogens with one attached hydrogen (secondary N) is 2. The van der Waals surface area contributed by atoms with E-state index in [1.807, 2.05) is 6.92 Å². The molecular formula is C15H15ClN2O4. The number of anilines is 1. The molecule has 0 aliphatic rings. The number of hydrogen-bond acceptors (Lipinski definition) is 4. The molecule has 0 fully saturated rings. The highest BCUT2D eigenvalue weighted by Gasteiger charge is 2.18. The van der Waals surface area contributed by atoms with Crippen molar-refractivity contribution in [1.82, 2.24) is 5.32 Å². The number of carbonyl (C=O) groups is 2. The van der Waals surface area contributed by atoms with Crippen LogP contribution in [0.5, 0.6) is 0 Å². The number of aliphatic hydroxyl groups is 1. The van der Waals surface area contributed by atoms with Gasteiger partial charge in [0.05, 0.1) is 23.5 Å². The molecule has 0 saturated carbocycles. The monoisotopic (exact) mass is 322 g/mol. The van der Waals surface area contributed by atoms with Crippen LogP contribution in [-0.4, -0.2) is 23.5 Å². The van der Waals surface area contributed by atoms with E-state index in [1.165, 1.54) is 6.26 Å². The third-order valence-corrected chi connectivity index (χ3v) is 3.23. The van der Waals surface area contributed by atoms with Crippen LogP contribution in [0.25, 0.3) is 0 Å². The van der Waals surface area contributed by atoms with Gasteiger partial charge in [-0.1, -0.05) is 17.7 Å². The van der Waals surface area contributed by atoms with Gasteiger partial charge in [0.2, 0.25) is 0 Å². The lowest BCUT2D eigenvalue weighted by Gasteiger charge is -2.10. The maximum atomic E-state index is 11.8. The molecular weight excluding hydrogens is 308 g/mol. The zero-order valence-electron chi connectivity index (χ0n) is 11.8. The molecule has 2 rings (SSSR count). The number of hydrogen-bond donors (Lipinski definition) is 3. The van der Waals surface area contributed by atoms with Gasteiger partial charge in [0.25, 0.3) is 0 Å². The van der Waals surface area contributed by atoms with Crippen molar-refractivity contribution in [3.8, 4) is 0 Å². The minimum atomic E-state index is -1.02. The normalized spacial score (nSPS) is 11.8. The summed E-state index contributed by atoms with van der Waals surface area (Å²) in [5.41, 5.74) is 1.25. The van der Waals surface area contributed by atoms with Crippen molar-refractivity contribution in [3.05, 3.63) is 52.9 Å². The van der Waals surface area contributed by atoms with Crippen LogP contribution in [0.15, 0.2) is 41.0 Å². The van der Waals surface area contributed by atoms with Crippen LogP contribution in [0.4, 0.5) is 5.69 Å². The molecule has 0 saturated heterocycles. The second-order valence-electron chi connectivity index (χ2n) is 4.68. The highest BCUT2D eigenvalue weighted by atomic mass is 35.5. The quantitative estimate of drug-likeness (QED) is 0.751. The maximum Gasteiger partial charge on any atom is 0.313 e. The first kappa shape index (κ1) is 16.1. The highest BCUT2D eigenvalue weighted by molar-refractivity contribution is 6.41. The summed E-state index contributed by atoms with van der Waals surface area (Å²) in [6.45, 7) is 1.70. The Morgan fingerprint density at radius 1 is 1.32 bits per heavy atom. The third-order valence-electron chi connectivity index (χ3n) is 2.90. The summed E-state index contributed by atoms with van der Waals surface area (Å²) in [6, 6.07) is 8.27. The predicted molar refractivity (Wildman–Crippen MR) is 81.5 cm³/mol. The largest absolute Gasteiger partial charge is 0.467 e. The van der Waals surface area contributed by atoms with Gasteiger partial charge in [0, 0.05) is 0 Å². The van der Waals surface area contributed by atoms with Crippen molar-refractivity contribution in [2.24, 2.45) is 0 Å². The van der Waals surface area contributed by atoms with Crippen LogP contribution < -0.4 is 10.6 Å². The van der Waals surface area contributed by atoms with Crippen LogP contribution >= 0.6 is 11.6 Å². The number of furan rings is 1. The van der Waals surface area contributed by atoms with E-state index in [9.17, 15) is 14.7 Å². The molecule has 116 valence electrons. The van der Waals surface area contributed by atoms with Crippen molar-refractivity contribution in [2.45, 2.75) is 13.0 Å². The number of rotatable bonds is 4. The van der Waals surface area contributed by atoms with Crippen molar-refractivity contribution >= 4 is 29.1 Å². The van der Waals surface area contributed by atoms with Gasteiger partial charge in [-0.3, -0.25) is 9.59 Å². The van der Waals surface area contributed by atoms with E-state index >= 15 is 0 Å². The van der Waals surface area contributed by atoms with Gasteiger partial charge in [-0.05, 0) is 36.8 Å². The number of aliphatic hydroxyl groups excluding tert-OH is 1. The molecule has 0 spiro atoms. The third kappa shape index (κ3) is 4.09. The number of benzene rings is 1. The lowest BCUT2D eigenvalue weighted by atomic mass is 10.2. The van der Waals surface area contributed by atoms with Crippen LogP contribution in [0.3, 0.4) is 0 Å². The van der Waals surface area contributed by atoms with Crippen molar-refractivity contribution in [2.75, 3.05) is 11.9 Å². The lowest BCUT2D eigenvalue weighted by Crippen LogP contribution is -2.37. The number of halogens is 1. The molecule has 1 unspecified atom stereocenters. The van der Waals surface area contributed by atoms with E-state index in [1.54, 1.807) is 30.3 Å². The Bertz CT molecular complexity index is 670. The first-order valence-electron chi connectivity index (χ1n) is 6.54. The Labute approximate surface area is 132 Å². The van der Waals surface area contributed by atoms with E-state index in [4.69, 9.17) is 16.0 Å². The van der Waals surface area contributed by atoms with Gasteiger partial charge >= 0.3 is 11.8 Å². The molecule has 1 aromatic carbocycles. The SMILES string of the molecule is Cc1ccc(Cl)c(NC(=O)C(=O)NCC(O)c2ccco2)c1. The molecule has 1 aromatic heterocycles. The molecule has 0 aliphatic heterocycles. The fraction of sp³-hybridized carbons (Fsp3) is 0.200. The molecule has 0 aliphatic carbocycles. The highest BCUT2D eigenvalue weighted by Crippen LogP contribution is 2.22. The Hall–Kier alpha value is -2.31. The molecule has 22 heavy (non-hydrogen) atoms. The van der Waals surface area contributed by atoms with Gasteiger partial charge < -0.3 is 20.2 Å². The smallest absolute Gasteiger partial charge is 0.313 e. The van der Waals surface area contributed by atoms with Crippen LogP contribution in [0.1, 0.15) is 17.4 Å². The number of carbonyl (C=O) groups excluding carboxylic acids is 2. The molecule has 1 atom stereocenters. The second kappa shape index (κ2) is 7.11. The Morgan fingerprint density at radius 2 is 2.09 bits per heavy atom. The van der Waals surface area contributed by atoms with Gasteiger partial charge in [-0.25, -0.2) is 0 Å². The fourth-order valence-corrected chi connectivity index (χ4v) is 1.93. The summed E-state index contributed by atoms with van der Waals surface area (Å²) >= 11 is 5.94. The summed E-state index contributed by atoms with van der Waals surface area (Å²) in [5, 5.41) is 14.8. The number of amides is 2. The first-order valence-corrected chi connectivity index (χ1v) is 6.92. The molecule has 0 bridgehead atoms. The summed E-state index contributed by atoms with van der Waals surface area (Å²) in [6.07, 6.45) is 0.390. The Morgan fingerprint density at radius 3 is 2.77 bits per heavy atom. The zero-order chi connectivity index (χ0) is 16.1. The average Bonchev–Trinajstić information content (AvgIpc) is 3.02. The van der Waals surface area contributed by atoms with Gasteiger partial charge in [0.1, 0.15) is 11.9 Å². The van der Waals surface area contributed by atoms with Crippen LogP contribution in [-0.2, 0) is 9.59 Å². The second-order valence-corrected chi connectivity index (χ2v) is 5.09. The molecule has 1 heterocycles. The summed E-state index contributed by atoms with van der Waals surface area (Å²) in [7, 11) is 0. The van der Waals surface area contributed by atoms with Gasteiger partial charge in [-0.15, -0.1) is 0 Å². The topological polar surface area (TPSA) is 91.6 Å². The average molecular weight is 323 g/mol. The Kier molecular flexibility index (Phi) is 5.19. The van der Waals surface area contributed by atoms with E-state index in [2.05, 4.69) is 10.6 Å². The Balaban J connectivity index is 1.89. The van der Waals surface area contributed by atoms with Gasteiger partial charge in [0.15, 0.2) is 0 Å². The number of aryl methyl sites for hydroxylation is 1. The minimum absolute atomic E-state index is 0.138. The van der Waals surface area contributed by atoms with Crippen molar-refractivity contribution in [1.29, 1.82) is 0 Å². The minimum Gasteiger partial charge on any atom is -0.467 e. The fourth-order valence-electron chi connectivity index (χ4n) is 1.77. The first-order chi connectivity index (χ1) is 10.5. The summed E-state index contributed by atoms with van der Waals surface area (Å²) in [5.74, 6) is -1.43. The molecule has 7 heteroatoms. The lowest BCUT2D eigenvalue weighted by molar-refractivity contribution is -0.136. The summed E-state index contributed by atoms with van der Waals surface area (Å²) in [4.78, 5) is 23.5. The van der Waals surface area contributed by atoms with Crippen LogP contribution in [0.2, 0.25) is 5.02 Å². The van der Waals surface area contributed by atoms with E-state index in [-0.39, 0.29) is 6.54 Å². The molecule has 2 aromatic rings.